The molecular formula is C34H37N5O6. The summed E-state index contributed by atoms with van der Waals surface area (Å²) in [6.45, 7) is 2.96. The molecule has 2 unspecified atom stereocenters. The van der Waals surface area contributed by atoms with E-state index in [1.54, 1.807) is 18.3 Å². The van der Waals surface area contributed by atoms with Crippen molar-refractivity contribution in [2.75, 3.05) is 13.1 Å². The van der Waals surface area contributed by atoms with Crippen LogP contribution in [-0.4, -0.2) is 46.7 Å². The van der Waals surface area contributed by atoms with Crippen LogP contribution in [0.25, 0.3) is 0 Å². The summed E-state index contributed by atoms with van der Waals surface area (Å²) in [7, 11) is 0. The number of nitrogens with zero attached hydrogens (tertiary/aromatic N) is 2. The van der Waals surface area contributed by atoms with Crippen LogP contribution >= 0.6 is 0 Å². The van der Waals surface area contributed by atoms with Gasteiger partial charge in [-0.3, -0.25) is 19.4 Å². The van der Waals surface area contributed by atoms with Crippen LogP contribution in [0.5, 0.6) is 0 Å². The number of oxazole rings is 1. The Kier molecular flexibility index (Phi) is 12.4. The molecule has 0 saturated carbocycles. The molecule has 2 atom stereocenters. The molecule has 4 aromatic rings. The van der Waals surface area contributed by atoms with Crippen molar-refractivity contribution < 1.29 is 28.3 Å². The molecule has 2 heterocycles. The van der Waals surface area contributed by atoms with Crippen LogP contribution in [0, 0.1) is 5.92 Å². The van der Waals surface area contributed by atoms with Gasteiger partial charge in [0.1, 0.15) is 12.9 Å². The van der Waals surface area contributed by atoms with E-state index in [9.17, 15) is 19.2 Å². The van der Waals surface area contributed by atoms with Gasteiger partial charge in [0.05, 0.1) is 18.2 Å². The van der Waals surface area contributed by atoms with Gasteiger partial charge in [0.25, 0.3) is 11.8 Å². The fourth-order valence-electron chi connectivity index (χ4n) is 4.58. The van der Waals surface area contributed by atoms with Crippen LogP contribution in [0.1, 0.15) is 70.1 Å². The molecule has 0 aliphatic rings. The third-order valence-corrected chi connectivity index (χ3v) is 7.03. The summed E-state index contributed by atoms with van der Waals surface area (Å²) in [6.07, 6.45) is 3.46. The average Bonchev–Trinajstić information content (AvgIpc) is 3.56. The summed E-state index contributed by atoms with van der Waals surface area (Å²) >= 11 is 0. The maximum atomic E-state index is 13.5. The average molecular weight is 612 g/mol. The fraction of sp³-hybridized carbons (Fsp3) is 0.294. The first-order valence-electron chi connectivity index (χ1n) is 14.8. The van der Waals surface area contributed by atoms with Crippen LogP contribution in [-0.2, 0) is 22.7 Å². The molecule has 0 spiro atoms. The van der Waals surface area contributed by atoms with Gasteiger partial charge in [-0.1, -0.05) is 73.7 Å². The molecule has 11 nitrogen and oxygen atoms in total. The molecule has 45 heavy (non-hydrogen) atoms. The predicted molar refractivity (Wildman–Crippen MR) is 166 cm³/mol. The molecule has 0 fully saturated rings. The van der Waals surface area contributed by atoms with Gasteiger partial charge in [0.2, 0.25) is 11.7 Å². The first kappa shape index (κ1) is 32.6. The number of hydrogen-bond donors (Lipinski definition) is 3. The number of pyridine rings is 1. The minimum atomic E-state index is -0.641. The Morgan fingerprint density at radius 1 is 0.844 bits per heavy atom. The lowest BCUT2D eigenvalue weighted by atomic mass is 9.91. The zero-order chi connectivity index (χ0) is 31.9. The SMILES string of the molecule is CC(CCNC(=O)OCc1ccccc1)CC(=O)NCCC(C(=O)c1nc(C(=O)NCc2ccccn2)co1)c1ccccc1. The molecule has 0 aliphatic heterocycles. The van der Waals surface area contributed by atoms with E-state index >= 15 is 0 Å². The second-order valence-corrected chi connectivity index (χ2v) is 10.6. The molecule has 4 rings (SSSR count). The van der Waals surface area contributed by atoms with E-state index < -0.39 is 23.7 Å². The van der Waals surface area contributed by atoms with Crippen LogP contribution in [0.2, 0.25) is 0 Å². The lowest BCUT2D eigenvalue weighted by Gasteiger charge is -2.16. The number of Topliss-reactive ketones (excluding diaryl/α,β-unsaturated/α-hetero) is 1. The number of hydrogen-bond acceptors (Lipinski definition) is 8. The van der Waals surface area contributed by atoms with Crippen molar-refractivity contribution in [3.63, 3.8) is 0 Å². The van der Waals surface area contributed by atoms with E-state index in [4.69, 9.17) is 9.15 Å². The number of nitrogens with one attached hydrogen (secondary N) is 3. The van der Waals surface area contributed by atoms with Crippen molar-refractivity contribution in [1.29, 1.82) is 0 Å². The fourth-order valence-corrected chi connectivity index (χ4v) is 4.58. The molecule has 0 aliphatic carbocycles. The van der Waals surface area contributed by atoms with E-state index in [1.165, 1.54) is 0 Å². The van der Waals surface area contributed by atoms with E-state index in [1.807, 2.05) is 73.7 Å². The molecule has 2 aromatic heterocycles. The highest BCUT2D eigenvalue weighted by atomic mass is 16.5. The summed E-state index contributed by atoms with van der Waals surface area (Å²) in [5, 5.41) is 8.31. The largest absolute Gasteiger partial charge is 0.445 e. The Bertz CT molecular complexity index is 1530. The van der Waals surface area contributed by atoms with Gasteiger partial charge in [-0.25, -0.2) is 9.78 Å². The number of ketones is 1. The van der Waals surface area contributed by atoms with E-state index in [2.05, 4.69) is 25.9 Å². The predicted octanol–water partition coefficient (Wildman–Crippen LogP) is 4.82. The number of aromatic nitrogens is 2. The summed E-state index contributed by atoms with van der Waals surface area (Å²) in [5.41, 5.74) is 2.32. The maximum absolute atomic E-state index is 13.5. The number of amides is 3. The zero-order valence-corrected chi connectivity index (χ0v) is 25.1. The van der Waals surface area contributed by atoms with Crippen LogP contribution in [0.3, 0.4) is 0 Å². The van der Waals surface area contributed by atoms with Gasteiger partial charge < -0.3 is 25.1 Å². The summed E-state index contributed by atoms with van der Waals surface area (Å²) in [4.78, 5) is 58.9. The number of carbonyl (C=O) groups excluding carboxylic acids is 4. The molecule has 11 heteroatoms. The van der Waals surface area contributed by atoms with Crippen molar-refractivity contribution in [2.45, 2.75) is 45.3 Å². The van der Waals surface area contributed by atoms with Gasteiger partial charge >= 0.3 is 6.09 Å². The Balaban J connectivity index is 1.22. The standard InChI is InChI=1S/C34H37N5O6/c1-24(15-18-37-34(43)45-22-25-10-4-2-5-11-25)20-30(40)36-19-16-28(26-12-6-3-7-13-26)31(41)33-39-29(23-44-33)32(42)38-21-27-14-8-9-17-35-27/h2-14,17,23-24,28H,15-16,18-22H2,1H3,(H,36,40)(H,37,43)(H,38,42). The smallest absolute Gasteiger partial charge is 0.407 e. The van der Waals surface area contributed by atoms with Crippen molar-refractivity contribution in [1.82, 2.24) is 25.9 Å². The molecular weight excluding hydrogens is 574 g/mol. The Morgan fingerprint density at radius 2 is 1.56 bits per heavy atom. The molecule has 0 bridgehead atoms. The topological polar surface area (TPSA) is 153 Å². The van der Waals surface area contributed by atoms with E-state index in [-0.39, 0.29) is 49.5 Å². The lowest BCUT2D eigenvalue weighted by Crippen LogP contribution is -2.30. The van der Waals surface area contributed by atoms with Gasteiger partial charge in [-0.2, -0.15) is 0 Å². The molecule has 0 radical (unpaired) electrons. The highest BCUT2D eigenvalue weighted by Gasteiger charge is 2.27. The van der Waals surface area contributed by atoms with Crippen LogP contribution in [0.15, 0.2) is 95.7 Å². The Morgan fingerprint density at radius 3 is 2.29 bits per heavy atom. The first-order chi connectivity index (χ1) is 21.9. The second kappa shape index (κ2) is 17.1. The monoisotopic (exact) mass is 611 g/mol. The first-order valence-corrected chi connectivity index (χ1v) is 14.8. The zero-order valence-electron chi connectivity index (χ0n) is 25.1. The maximum Gasteiger partial charge on any atom is 0.407 e. The third-order valence-electron chi connectivity index (χ3n) is 7.03. The number of rotatable bonds is 16. The Hall–Kier alpha value is -5.32. The van der Waals surface area contributed by atoms with Crippen molar-refractivity contribution in [2.24, 2.45) is 5.92 Å². The van der Waals surface area contributed by atoms with E-state index in [0.717, 1.165) is 17.4 Å². The van der Waals surface area contributed by atoms with Gasteiger partial charge in [0, 0.05) is 25.7 Å². The van der Waals surface area contributed by atoms with E-state index in [0.29, 0.717) is 25.1 Å². The van der Waals surface area contributed by atoms with Crippen molar-refractivity contribution >= 4 is 23.7 Å². The number of alkyl carbamates (subject to hydrolysis) is 1. The van der Waals surface area contributed by atoms with Crippen molar-refractivity contribution in [3.05, 3.63) is 120 Å². The molecule has 0 saturated heterocycles. The number of benzene rings is 2. The molecule has 3 N–H and O–H groups in total. The Labute approximate surface area is 261 Å². The number of carbonyl (C=O) groups is 4. The van der Waals surface area contributed by atoms with Crippen LogP contribution in [0.4, 0.5) is 4.79 Å². The summed E-state index contributed by atoms with van der Waals surface area (Å²) < 4.78 is 10.6. The minimum Gasteiger partial charge on any atom is -0.445 e. The molecule has 3 amide bonds. The summed E-state index contributed by atoms with van der Waals surface area (Å²) in [6, 6.07) is 23.9. The number of ether oxygens (including phenoxy) is 1. The lowest BCUT2D eigenvalue weighted by molar-refractivity contribution is -0.121. The van der Waals surface area contributed by atoms with Gasteiger partial charge in [-0.15, -0.1) is 0 Å². The minimum absolute atomic E-state index is 0.0117. The second-order valence-electron chi connectivity index (χ2n) is 10.6. The summed E-state index contributed by atoms with van der Waals surface area (Å²) in [5.74, 6) is -1.84. The van der Waals surface area contributed by atoms with Crippen LogP contribution < -0.4 is 16.0 Å². The van der Waals surface area contributed by atoms with Gasteiger partial charge in [0.15, 0.2) is 5.69 Å². The quantitative estimate of drug-likeness (QED) is 0.153. The molecule has 2 aromatic carbocycles. The van der Waals surface area contributed by atoms with Crippen molar-refractivity contribution in [3.8, 4) is 0 Å². The molecule has 234 valence electrons. The normalized spacial score (nSPS) is 12.0. The highest BCUT2D eigenvalue weighted by molar-refractivity contribution is 5.99. The van der Waals surface area contributed by atoms with Gasteiger partial charge in [-0.05, 0) is 42.0 Å². The highest BCUT2D eigenvalue weighted by Crippen LogP contribution is 2.24. The third kappa shape index (κ3) is 10.7.